The third kappa shape index (κ3) is 5.68. The molecular weight excluding hydrogens is 384 g/mol. The lowest BCUT2D eigenvalue weighted by molar-refractivity contribution is -0.128. The van der Waals surface area contributed by atoms with E-state index >= 15 is 0 Å². The maximum atomic E-state index is 12.0. The Morgan fingerprint density at radius 1 is 0.967 bits per heavy atom. The second-order valence-electron chi connectivity index (χ2n) is 6.19. The molecule has 30 heavy (non-hydrogen) atoms. The highest BCUT2D eigenvalue weighted by Gasteiger charge is 2.09. The monoisotopic (exact) mass is 404 g/mol. The number of methoxy groups -OCH3 is 1. The zero-order valence-electron chi connectivity index (χ0n) is 16.5. The average molecular weight is 404 g/mol. The van der Waals surface area contributed by atoms with E-state index in [1.165, 1.54) is 18.6 Å². The highest BCUT2D eigenvalue weighted by molar-refractivity contribution is 5.95. The van der Waals surface area contributed by atoms with Gasteiger partial charge in [-0.1, -0.05) is 12.1 Å². The van der Waals surface area contributed by atoms with Crippen LogP contribution in [0, 0.1) is 6.92 Å². The molecule has 1 heterocycles. The van der Waals surface area contributed by atoms with Gasteiger partial charge in [0.1, 0.15) is 17.3 Å². The smallest absolute Gasteiger partial charge is 0.336 e. The molecule has 0 radical (unpaired) electrons. The van der Waals surface area contributed by atoms with Gasteiger partial charge in [-0.15, -0.1) is 0 Å². The second kappa shape index (κ2) is 9.88. The van der Waals surface area contributed by atoms with Crippen molar-refractivity contribution < 1.29 is 23.5 Å². The Kier molecular flexibility index (Phi) is 6.78. The zero-order chi connectivity index (χ0) is 21.3. The molecule has 0 atom stereocenters. The van der Waals surface area contributed by atoms with E-state index in [1.807, 2.05) is 24.3 Å². The van der Waals surface area contributed by atoms with Crippen LogP contribution in [0.3, 0.4) is 0 Å². The first kappa shape index (κ1) is 20.6. The van der Waals surface area contributed by atoms with Crippen molar-refractivity contribution in [2.45, 2.75) is 6.92 Å². The summed E-state index contributed by atoms with van der Waals surface area (Å²) >= 11 is 0. The number of hydrogen-bond donors (Lipinski definition) is 1. The summed E-state index contributed by atoms with van der Waals surface area (Å²) in [5.74, 6) is 0.820. The number of hydrazone groups is 1. The summed E-state index contributed by atoms with van der Waals surface area (Å²) in [5, 5.41) is 3.91. The Bertz CT molecular complexity index is 1060. The SMILES string of the molecule is COc1ccc(C=CC(=O)Oc2ccc(C=NNC(=O)c3ccoc3C)cc2)cc1. The van der Waals surface area contributed by atoms with Gasteiger partial charge in [-0.05, 0) is 66.6 Å². The Morgan fingerprint density at radius 2 is 1.63 bits per heavy atom. The van der Waals surface area contributed by atoms with E-state index in [0.717, 1.165) is 16.9 Å². The molecule has 2 aromatic carbocycles. The lowest BCUT2D eigenvalue weighted by Gasteiger charge is -2.02. The van der Waals surface area contributed by atoms with Crippen molar-refractivity contribution in [2.75, 3.05) is 7.11 Å². The van der Waals surface area contributed by atoms with Crippen LogP contribution in [0.15, 0.2) is 76.5 Å². The third-order valence-electron chi connectivity index (χ3n) is 4.11. The number of furan rings is 1. The van der Waals surface area contributed by atoms with Crippen molar-refractivity contribution >= 4 is 24.2 Å². The molecule has 1 N–H and O–H groups in total. The van der Waals surface area contributed by atoms with Gasteiger partial charge in [0.25, 0.3) is 5.91 Å². The summed E-state index contributed by atoms with van der Waals surface area (Å²) in [4.78, 5) is 23.9. The first-order valence-electron chi connectivity index (χ1n) is 9.06. The van der Waals surface area contributed by atoms with Gasteiger partial charge in [0.15, 0.2) is 0 Å². The fourth-order valence-electron chi connectivity index (χ4n) is 2.50. The number of nitrogens with one attached hydrogen (secondary N) is 1. The molecule has 0 unspecified atom stereocenters. The Morgan fingerprint density at radius 3 is 2.27 bits per heavy atom. The predicted octanol–water partition coefficient (Wildman–Crippen LogP) is 3.98. The molecule has 7 heteroatoms. The van der Waals surface area contributed by atoms with Gasteiger partial charge in [0.05, 0.1) is 25.2 Å². The number of carbonyl (C=O) groups excluding carboxylic acids is 2. The van der Waals surface area contributed by atoms with Crippen LogP contribution in [0.25, 0.3) is 6.08 Å². The van der Waals surface area contributed by atoms with Gasteiger partial charge in [-0.3, -0.25) is 4.79 Å². The van der Waals surface area contributed by atoms with Crippen LogP contribution in [0.5, 0.6) is 11.5 Å². The molecule has 0 fully saturated rings. The first-order valence-corrected chi connectivity index (χ1v) is 9.06. The summed E-state index contributed by atoms with van der Waals surface area (Å²) in [6, 6.07) is 15.6. The summed E-state index contributed by atoms with van der Waals surface area (Å²) in [5.41, 5.74) is 4.44. The first-order chi connectivity index (χ1) is 14.5. The zero-order valence-corrected chi connectivity index (χ0v) is 16.5. The maximum absolute atomic E-state index is 12.0. The molecule has 1 aromatic heterocycles. The molecule has 1 amide bonds. The normalized spacial score (nSPS) is 11.0. The number of hydrogen-bond acceptors (Lipinski definition) is 6. The van der Waals surface area contributed by atoms with Crippen LogP contribution >= 0.6 is 0 Å². The second-order valence-corrected chi connectivity index (χ2v) is 6.19. The van der Waals surface area contributed by atoms with Gasteiger partial charge >= 0.3 is 5.97 Å². The number of aryl methyl sites for hydroxylation is 1. The minimum Gasteiger partial charge on any atom is -0.497 e. The van der Waals surface area contributed by atoms with Gasteiger partial charge in [0.2, 0.25) is 0 Å². The molecule has 0 saturated heterocycles. The molecule has 3 rings (SSSR count). The van der Waals surface area contributed by atoms with Crippen molar-refractivity contribution in [3.05, 3.63) is 89.4 Å². The highest BCUT2D eigenvalue weighted by atomic mass is 16.5. The maximum Gasteiger partial charge on any atom is 0.336 e. The van der Waals surface area contributed by atoms with Gasteiger partial charge in [-0.25, -0.2) is 10.2 Å². The van der Waals surface area contributed by atoms with Crippen LogP contribution in [-0.4, -0.2) is 25.2 Å². The van der Waals surface area contributed by atoms with Gasteiger partial charge in [-0.2, -0.15) is 5.10 Å². The molecule has 0 aliphatic heterocycles. The van der Waals surface area contributed by atoms with E-state index in [2.05, 4.69) is 10.5 Å². The number of esters is 1. The van der Waals surface area contributed by atoms with E-state index in [9.17, 15) is 9.59 Å². The molecule has 0 saturated carbocycles. The van der Waals surface area contributed by atoms with Crippen molar-refractivity contribution in [1.82, 2.24) is 5.43 Å². The summed E-state index contributed by atoms with van der Waals surface area (Å²) in [7, 11) is 1.59. The number of carbonyl (C=O) groups is 2. The standard InChI is InChI=1S/C23H20N2O5/c1-16-21(13-14-29-16)23(27)25-24-15-18-5-10-20(11-6-18)30-22(26)12-7-17-3-8-19(28-2)9-4-17/h3-15H,1-2H3,(H,25,27). The predicted molar refractivity (Wildman–Crippen MR) is 113 cm³/mol. The number of amides is 1. The van der Waals surface area contributed by atoms with Crippen LogP contribution in [-0.2, 0) is 4.79 Å². The Labute approximate surface area is 173 Å². The van der Waals surface area contributed by atoms with Crippen molar-refractivity contribution in [1.29, 1.82) is 0 Å². The number of nitrogens with zero attached hydrogens (tertiary/aromatic N) is 1. The largest absolute Gasteiger partial charge is 0.497 e. The van der Waals surface area contributed by atoms with Crippen LogP contribution in [0.4, 0.5) is 0 Å². The minimum atomic E-state index is -0.491. The number of rotatable bonds is 7. The average Bonchev–Trinajstić information content (AvgIpc) is 3.20. The molecular formula is C23H20N2O5. The van der Waals surface area contributed by atoms with E-state index < -0.39 is 5.97 Å². The third-order valence-corrected chi connectivity index (χ3v) is 4.11. The van der Waals surface area contributed by atoms with E-state index in [1.54, 1.807) is 50.4 Å². The Hall–Kier alpha value is -4.13. The molecule has 0 aliphatic carbocycles. The number of benzene rings is 2. The quantitative estimate of drug-likeness (QED) is 0.211. The lowest BCUT2D eigenvalue weighted by Crippen LogP contribution is -2.17. The van der Waals surface area contributed by atoms with Crippen molar-refractivity contribution in [3.63, 3.8) is 0 Å². The molecule has 3 aromatic rings. The van der Waals surface area contributed by atoms with Gasteiger partial charge in [0, 0.05) is 6.08 Å². The van der Waals surface area contributed by atoms with Crippen LogP contribution in [0.1, 0.15) is 27.2 Å². The summed E-state index contributed by atoms with van der Waals surface area (Å²) in [6.45, 7) is 1.70. The van der Waals surface area contributed by atoms with E-state index in [-0.39, 0.29) is 5.91 Å². The number of ether oxygens (including phenoxy) is 2. The topological polar surface area (TPSA) is 90.1 Å². The summed E-state index contributed by atoms with van der Waals surface area (Å²) in [6.07, 6.45) is 5.94. The van der Waals surface area contributed by atoms with Crippen molar-refractivity contribution in [2.24, 2.45) is 5.10 Å². The fraction of sp³-hybridized carbons (Fsp3) is 0.0870. The highest BCUT2D eigenvalue weighted by Crippen LogP contribution is 2.14. The molecule has 7 nitrogen and oxygen atoms in total. The fourth-order valence-corrected chi connectivity index (χ4v) is 2.50. The molecule has 0 bridgehead atoms. The molecule has 152 valence electrons. The van der Waals surface area contributed by atoms with E-state index in [4.69, 9.17) is 13.9 Å². The van der Waals surface area contributed by atoms with Gasteiger partial charge < -0.3 is 13.9 Å². The van der Waals surface area contributed by atoms with Crippen LogP contribution < -0.4 is 14.9 Å². The summed E-state index contributed by atoms with van der Waals surface area (Å²) < 4.78 is 15.4. The lowest BCUT2D eigenvalue weighted by atomic mass is 10.2. The van der Waals surface area contributed by atoms with Crippen molar-refractivity contribution in [3.8, 4) is 11.5 Å². The van der Waals surface area contributed by atoms with Crippen LogP contribution in [0.2, 0.25) is 0 Å². The van der Waals surface area contributed by atoms with E-state index in [0.29, 0.717) is 17.1 Å². The minimum absolute atomic E-state index is 0.355. The Balaban J connectivity index is 1.51. The molecule has 0 spiro atoms. The molecule has 0 aliphatic rings.